The number of carbonyl (C=O) groups is 1. The molecule has 6 heteroatoms. The molecule has 6 nitrogen and oxygen atoms in total. The summed E-state index contributed by atoms with van der Waals surface area (Å²) in [5.41, 5.74) is 1.84. The van der Waals surface area contributed by atoms with Crippen molar-refractivity contribution in [1.29, 1.82) is 0 Å². The number of amides is 1. The number of nitrogens with one attached hydrogen (secondary N) is 2. The molecule has 35 heavy (non-hydrogen) atoms. The van der Waals surface area contributed by atoms with Gasteiger partial charge in [0.15, 0.2) is 0 Å². The second kappa shape index (κ2) is 9.31. The Morgan fingerprint density at radius 3 is 2.49 bits per heavy atom. The third kappa shape index (κ3) is 4.45. The molecule has 4 saturated carbocycles. The molecule has 0 radical (unpaired) electrons. The molecule has 5 fully saturated rings. The number of aliphatic hydroxyl groups excluding tert-OH is 1. The van der Waals surface area contributed by atoms with Gasteiger partial charge in [-0.2, -0.15) is 0 Å². The van der Waals surface area contributed by atoms with Gasteiger partial charge in [0.2, 0.25) is 0 Å². The minimum atomic E-state index is -0.442. The maximum Gasteiger partial charge on any atom is 0.433 e. The fraction of sp³-hybridized carbons (Fsp3) is 0.931. The molecule has 0 aromatic carbocycles. The molecular weight excluding hydrogens is 438 g/mol. The van der Waals surface area contributed by atoms with Crippen molar-refractivity contribution in [1.82, 2.24) is 10.6 Å². The summed E-state index contributed by atoms with van der Waals surface area (Å²) in [6, 6.07) is 0.272. The van der Waals surface area contributed by atoms with E-state index in [9.17, 15) is 9.90 Å². The molecule has 1 heterocycles. The summed E-state index contributed by atoms with van der Waals surface area (Å²) in [6.45, 7) is 13.2. The van der Waals surface area contributed by atoms with Crippen LogP contribution in [0.15, 0.2) is 5.16 Å². The predicted octanol–water partition coefficient (Wildman–Crippen LogP) is 5.50. The fourth-order valence-corrected chi connectivity index (χ4v) is 9.68. The lowest BCUT2D eigenvalue weighted by Gasteiger charge is -2.61. The van der Waals surface area contributed by atoms with E-state index < -0.39 is 6.09 Å². The highest BCUT2D eigenvalue weighted by Gasteiger charge is 2.60. The second-order valence-electron chi connectivity index (χ2n) is 14.0. The smallest absolute Gasteiger partial charge is 0.393 e. The van der Waals surface area contributed by atoms with Gasteiger partial charge >= 0.3 is 6.09 Å². The highest BCUT2D eigenvalue weighted by atomic mass is 16.7. The van der Waals surface area contributed by atoms with Gasteiger partial charge in [0.1, 0.15) is 0 Å². The van der Waals surface area contributed by atoms with Gasteiger partial charge in [-0.3, -0.25) is 4.84 Å². The lowest BCUT2D eigenvalue weighted by atomic mass is 9.44. The lowest BCUT2D eigenvalue weighted by molar-refractivity contribution is -0.123. The van der Waals surface area contributed by atoms with Crippen LogP contribution in [0.3, 0.4) is 0 Å². The predicted molar refractivity (Wildman–Crippen MR) is 139 cm³/mol. The summed E-state index contributed by atoms with van der Waals surface area (Å²) >= 11 is 0. The summed E-state index contributed by atoms with van der Waals surface area (Å²) in [5, 5.41) is 21.1. The topological polar surface area (TPSA) is 83.0 Å². The van der Waals surface area contributed by atoms with E-state index in [1.165, 1.54) is 38.5 Å². The molecule has 0 aromatic rings. The van der Waals surface area contributed by atoms with Crippen molar-refractivity contribution >= 4 is 11.8 Å². The Morgan fingerprint density at radius 2 is 1.74 bits per heavy atom. The third-order valence-electron chi connectivity index (χ3n) is 12.0. The van der Waals surface area contributed by atoms with Crippen LogP contribution in [0.4, 0.5) is 4.79 Å². The van der Waals surface area contributed by atoms with E-state index in [-0.39, 0.29) is 23.0 Å². The van der Waals surface area contributed by atoms with Crippen molar-refractivity contribution in [2.45, 2.75) is 111 Å². The van der Waals surface area contributed by atoms with Gasteiger partial charge in [0.25, 0.3) is 0 Å². The molecule has 1 amide bonds. The largest absolute Gasteiger partial charge is 0.433 e. The molecule has 198 valence electrons. The standard InChI is InChI=1S/C29H49N3O3/c1-18(32-35-26(34)31-17-25-27(2,3)14-15-30-25)22-8-9-23-21-7-6-19-16-20(33)10-12-28(19,4)24(21)11-13-29(22,23)5/h19-25,30,33H,6-17H2,1-5H3,(H,31,34)/b32-18+/t19-,20+,21+,22-,23+,24+,25?,28+,29-/m1/s1. The zero-order chi connectivity index (χ0) is 25.0. The van der Waals surface area contributed by atoms with Crippen molar-refractivity contribution in [2.24, 2.45) is 51.0 Å². The van der Waals surface area contributed by atoms with Crippen LogP contribution in [0.5, 0.6) is 0 Å². The molecule has 4 aliphatic carbocycles. The minimum absolute atomic E-state index is 0.0775. The number of carbonyl (C=O) groups excluding carboxylic acids is 1. The Labute approximate surface area is 212 Å². The van der Waals surface area contributed by atoms with Crippen LogP contribution >= 0.6 is 0 Å². The minimum Gasteiger partial charge on any atom is -0.393 e. The highest BCUT2D eigenvalue weighted by Crippen LogP contribution is 2.67. The van der Waals surface area contributed by atoms with Crippen molar-refractivity contribution in [3.8, 4) is 0 Å². The van der Waals surface area contributed by atoms with Crippen LogP contribution in [-0.4, -0.2) is 42.1 Å². The molecule has 5 rings (SSSR count). The number of fused-ring (bicyclic) bond motifs is 5. The summed E-state index contributed by atoms with van der Waals surface area (Å²) in [4.78, 5) is 17.7. The first-order valence-electron chi connectivity index (χ1n) is 14.5. The van der Waals surface area contributed by atoms with Crippen molar-refractivity contribution < 1.29 is 14.7 Å². The Hall–Kier alpha value is -1.14. The number of aliphatic hydroxyl groups is 1. The quantitative estimate of drug-likeness (QED) is 0.278. The first-order chi connectivity index (χ1) is 16.5. The highest BCUT2D eigenvalue weighted by molar-refractivity contribution is 5.85. The molecule has 1 aliphatic heterocycles. The number of oxime groups is 1. The SMILES string of the molecule is C/C(=N\OC(=O)NCC1NCCC1(C)C)[C@H]1CC[C@H]2[C@@H]3CC[C@@H]4C[C@@H](O)CC[C@]4(C)[C@H]3CC[C@]12C. The Morgan fingerprint density at radius 1 is 1.00 bits per heavy atom. The fourth-order valence-electron chi connectivity index (χ4n) is 9.68. The molecule has 0 bridgehead atoms. The first kappa shape index (κ1) is 25.5. The van der Waals surface area contributed by atoms with Crippen LogP contribution in [0.25, 0.3) is 0 Å². The molecule has 0 spiro atoms. The maximum absolute atomic E-state index is 12.4. The zero-order valence-corrected chi connectivity index (χ0v) is 22.7. The summed E-state index contributed by atoms with van der Waals surface area (Å²) in [7, 11) is 0. The Bertz CT molecular complexity index is 843. The van der Waals surface area contributed by atoms with Crippen molar-refractivity contribution in [3.05, 3.63) is 0 Å². The van der Waals surface area contributed by atoms with E-state index in [4.69, 9.17) is 4.84 Å². The van der Waals surface area contributed by atoms with E-state index in [1.54, 1.807) is 0 Å². The van der Waals surface area contributed by atoms with Crippen LogP contribution < -0.4 is 10.6 Å². The van der Waals surface area contributed by atoms with Crippen molar-refractivity contribution in [3.63, 3.8) is 0 Å². The summed E-state index contributed by atoms with van der Waals surface area (Å²) in [6.07, 6.45) is 11.4. The van der Waals surface area contributed by atoms with Crippen LogP contribution in [0.1, 0.15) is 98.8 Å². The average molecular weight is 488 g/mol. The van der Waals surface area contributed by atoms with Crippen molar-refractivity contribution in [2.75, 3.05) is 13.1 Å². The summed E-state index contributed by atoms with van der Waals surface area (Å²) in [5.74, 6) is 3.45. The second-order valence-corrected chi connectivity index (χ2v) is 14.0. The van der Waals surface area contributed by atoms with Crippen LogP contribution in [0, 0.1) is 45.8 Å². The number of nitrogens with zero attached hydrogens (tertiary/aromatic N) is 1. The molecule has 1 unspecified atom stereocenters. The normalized spacial score (nSPS) is 46.9. The monoisotopic (exact) mass is 487 g/mol. The van der Waals surface area contributed by atoms with Crippen LogP contribution in [0.2, 0.25) is 0 Å². The Kier molecular flexibility index (Phi) is 6.78. The van der Waals surface area contributed by atoms with Crippen LogP contribution in [-0.2, 0) is 4.84 Å². The van der Waals surface area contributed by atoms with Gasteiger partial charge in [-0.25, -0.2) is 4.79 Å². The van der Waals surface area contributed by atoms with Gasteiger partial charge in [0.05, 0.1) is 11.8 Å². The van der Waals surface area contributed by atoms with E-state index in [1.807, 2.05) is 0 Å². The number of rotatable bonds is 4. The zero-order valence-electron chi connectivity index (χ0n) is 22.7. The molecule has 3 N–H and O–H groups in total. The van der Waals surface area contributed by atoms with E-state index in [2.05, 4.69) is 50.4 Å². The molecule has 9 atom stereocenters. The number of hydrogen-bond acceptors (Lipinski definition) is 5. The lowest BCUT2D eigenvalue weighted by Crippen LogP contribution is -2.54. The van der Waals surface area contributed by atoms with Gasteiger partial charge in [-0.1, -0.05) is 32.9 Å². The molecule has 5 aliphatic rings. The van der Waals surface area contributed by atoms with Gasteiger partial charge < -0.3 is 15.7 Å². The van der Waals surface area contributed by atoms with E-state index in [0.717, 1.165) is 55.7 Å². The van der Waals surface area contributed by atoms with Gasteiger partial charge in [-0.05, 0) is 118 Å². The molecule has 0 aromatic heterocycles. The number of hydrogen-bond donors (Lipinski definition) is 3. The van der Waals surface area contributed by atoms with Gasteiger partial charge in [-0.15, -0.1) is 0 Å². The van der Waals surface area contributed by atoms with E-state index >= 15 is 0 Å². The first-order valence-corrected chi connectivity index (χ1v) is 14.5. The molecular formula is C29H49N3O3. The van der Waals surface area contributed by atoms with Gasteiger partial charge in [0, 0.05) is 18.5 Å². The average Bonchev–Trinajstić information content (AvgIpc) is 3.34. The molecule has 1 saturated heterocycles. The third-order valence-corrected chi connectivity index (χ3v) is 12.0. The maximum atomic E-state index is 12.4. The summed E-state index contributed by atoms with van der Waals surface area (Å²) < 4.78 is 0. The van der Waals surface area contributed by atoms with E-state index in [0.29, 0.717) is 23.8 Å². The Balaban J connectivity index is 1.21.